The molecule has 6 heteroatoms. The fourth-order valence-corrected chi connectivity index (χ4v) is 2.68. The minimum atomic E-state index is -0.595. The number of ketones is 1. The van der Waals surface area contributed by atoms with E-state index in [0.717, 1.165) is 12.8 Å². The quantitative estimate of drug-likeness (QED) is 0.366. The zero-order valence-corrected chi connectivity index (χ0v) is 14.2. The second-order valence-corrected chi connectivity index (χ2v) is 5.60. The van der Waals surface area contributed by atoms with E-state index in [9.17, 15) is 14.4 Å². The highest BCUT2D eigenvalue weighted by molar-refractivity contribution is 6.45. The Labute approximate surface area is 140 Å². The topological polar surface area (TPSA) is 79.5 Å². The number of nitrogens with zero attached hydrogens (tertiary/aromatic N) is 1. The Morgan fingerprint density at radius 3 is 2.38 bits per heavy atom. The summed E-state index contributed by atoms with van der Waals surface area (Å²) in [6.45, 7) is 6.30. The Hall–Kier alpha value is -2.63. The lowest BCUT2D eigenvalue weighted by atomic mass is 10.1. The van der Waals surface area contributed by atoms with Gasteiger partial charge in [-0.15, -0.1) is 0 Å². The van der Waals surface area contributed by atoms with E-state index < -0.39 is 17.7 Å². The van der Waals surface area contributed by atoms with Crippen molar-refractivity contribution >= 4 is 28.6 Å². The van der Waals surface area contributed by atoms with Crippen LogP contribution in [0.1, 0.15) is 44.0 Å². The largest absolute Gasteiger partial charge is 0.426 e. The molecule has 0 unspecified atom stereocenters. The molecular weight excluding hydrogens is 308 g/mol. The number of Topliss-reactive ketones (excluding diaryl/α,β-unsaturated/α-hetero) is 1. The number of carbonyl (C=O) groups is 3. The van der Waals surface area contributed by atoms with E-state index in [1.54, 1.807) is 23.1 Å². The molecule has 0 aliphatic heterocycles. The summed E-state index contributed by atoms with van der Waals surface area (Å²) in [6, 6.07) is 5.09. The Kier molecular flexibility index (Phi) is 5.73. The molecule has 0 bridgehead atoms. The maximum Gasteiger partial charge on any atom is 0.308 e. The lowest BCUT2D eigenvalue weighted by Crippen LogP contribution is -2.37. The molecule has 0 saturated carbocycles. The van der Waals surface area contributed by atoms with Gasteiger partial charge in [0.05, 0.1) is 10.9 Å². The number of carbonyl (C=O) groups excluding carboxylic acids is 3. The first-order valence-electron chi connectivity index (χ1n) is 8.11. The zero-order valence-electron chi connectivity index (χ0n) is 14.2. The number of H-pyrrole nitrogens is 1. The number of amides is 1. The SMILES string of the molecule is CCCN(CCC)C(=O)C(=O)c1c[nH]c2cccc(OC(C)=O)c12. The van der Waals surface area contributed by atoms with E-state index in [0.29, 0.717) is 24.0 Å². The monoisotopic (exact) mass is 330 g/mol. The van der Waals surface area contributed by atoms with Gasteiger partial charge in [-0.05, 0) is 25.0 Å². The first-order chi connectivity index (χ1) is 11.5. The predicted molar refractivity (Wildman–Crippen MR) is 91.1 cm³/mol. The van der Waals surface area contributed by atoms with E-state index in [2.05, 4.69) is 4.98 Å². The minimum absolute atomic E-state index is 0.226. The summed E-state index contributed by atoms with van der Waals surface area (Å²) < 4.78 is 5.18. The third kappa shape index (κ3) is 3.64. The molecule has 0 atom stereocenters. The maximum absolute atomic E-state index is 12.7. The molecule has 2 rings (SSSR count). The summed E-state index contributed by atoms with van der Waals surface area (Å²) in [5.41, 5.74) is 0.867. The number of esters is 1. The van der Waals surface area contributed by atoms with Crippen molar-refractivity contribution in [2.24, 2.45) is 0 Å². The fourth-order valence-electron chi connectivity index (χ4n) is 2.68. The van der Waals surface area contributed by atoms with Gasteiger partial charge in [-0.3, -0.25) is 14.4 Å². The van der Waals surface area contributed by atoms with Crippen LogP contribution in [0.25, 0.3) is 10.9 Å². The van der Waals surface area contributed by atoms with Crippen molar-refractivity contribution in [1.82, 2.24) is 9.88 Å². The van der Waals surface area contributed by atoms with Gasteiger partial charge < -0.3 is 14.6 Å². The highest BCUT2D eigenvalue weighted by Gasteiger charge is 2.26. The molecule has 128 valence electrons. The van der Waals surface area contributed by atoms with E-state index in [1.165, 1.54) is 13.1 Å². The van der Waals surface area contributed by atoms with Crippen LogP contribution in [0, 0.1) is 0 Å². The van der Waals surface area contributed by atoms with Gasteiger partial charge in [-0.25, -0.2) is 0 Å². The molecule has 1 aromatic carbocycles. The van der Waals surface area contributed by atoms with Crippen LogP contribution in [0.3, 0.4) is 0 Å². The number of aromatic amines is 1. The van der Waals surface area contributed by atoms with Gasteiger partial charge in [0.1, 0.15) is 5.75 Å². The molecule has 0 aliphatic rings. The molecular formula is C18H22N2O4. The summed E-state index contributed by atoms with van der Waals surface area (Å²) in [5.74, 6) is -1.33. The van der Waals surface area contributed by atoms with Gasteiger partial charge in [0.25, 0.3) is 11.7 Å². The van der Waals surface area contributed by atoms with Crippen molar-refractivity contribution in [1.29, 1.82) is 0 Å². The molecule has 24 heavy (non-hydrogen) atoms. The van der Waals surface area contributed by atoms with Gasteiger partial charge in [-0.2, -0.15) is 0 Å². The summed E-state index contributed by atoms with van der Waals surface area (Å²) in [5, 5.41) is 0.457. The highest BCUT2D eigenvalue weighted by atomic mass is 16.5. The number of aromatic nitrogens is 1. The Bertz CT molecular complexity index is 757. The van der Waals surface area contributed by atoms with Crippen molar-refractivity contribution < 1.29 is 19.1 Å². The van der Waals surface area contributed by atoms with Crippen LogP contribution in [0.4, 0.5) is 0 Å². The third-order valence-electron chi connectivity index (χ3n) is 3.63. The highest BCUT2D eigenvalue weighted by Crippen LogP contribution is 2.29. The number of rotatable bonds is 7. The average Bonchev–Trinajstić information content (AvgIpc) is 2.98. The number of hydrogen-bond donors (Lipinski definition) is 1. The average molecular weight is 330 g/mol. The van der Waals surface area contributed by atoms with Gasteiger partial charge in [0.15, 0.2) is 0 Å². The van der Waals surface area contributed by atoms with E-state index in [4.69, 9.17) is 4.74 Å². The van der Waals surface area contributed by atoms with Gasteiger partial charge in [-0.1, -0.05) is 19.9 Å². The number of benzene rings is 1. The summed E-state index contributed by atoms with van der Waals surface area (Å²) in [7, 11) is 0. The minimum Gasteiger partial charge on any atom is -0.426 e. The summed E-state index contributed by atoms with van der Waals surface area (Å²) in [6.07, 6.45) is 3.06. The standard InChI is InChI=1S/C18H22N2O4/c1-4-9-20(10-5-2)18(23)17(22)13-11-19-14-7-6-8-15(16(13)14)24-12(3)21/h6-8,11,19H,4-5,9-10H2,1-3H3. The third-order valence-corrected chi connectivity index (χ3v) is 3.63. The van der Waals surface area contributed by atoms with Crippen LogP contribution >= 0.6 is 0 Å². The Balaban J connectivity index is 2.42. The molecule has 6 nitrogen and oxygen atoms in total. The van der Waals surface area contributed by atoms with Crippen LogP contribution < -0.4 is 4.74 Å². The Morgan fingerprint density at radius 2 is 1.79 bits per heavy atom. The zero-order chi connectivity index (χ0) is 17.7. The molecule has 1 amide bonds. The maximum atomic E-state index is 12.7. The number of hydrogen-bond acceptors (Lipinski definition) is 4. The van der Waals surface area contributed by atoms with Crippen LogP contribution in [0.5, 0.6) is 5.75 Å². The molecule has 1 heterocycles. The van der Waals surface area contributed by atoms with Crippen LogP contribution in [-0.2, 0) is 9.59 Å². The smallest absolute Gasteiger partial charge is 0.308 e. The molecule has 1 N–H and O–H groups in total. The lowest BCUT2D eigenvalue weighted by Gasteiger charge is -2.20. The number of fused-ring (bicyclic) bond motifs is 1. The molecule has 0 aliphatic carbocycles. The van der Waals surface area contributed by atoms with Crippen molar-refractivity contribution in [3.05, 3.63) is 30.0 Å². The molecule has 0 spiro atoms. The molecule has 0 fully saturated rings. The van der Waals surface area contributed by atoms with E-state index >= 15 is 0 Å². The van der Waals surface area contributed by atoms with Crippen LogP contribution in [0.15, 0.2) is 24.4 Å². The molecule has 2 aromatic rings. The second-order valence-electron chi connectivity index (χ2n) is 5.60. The van der Waals surface area contributed by atoms with Gasteiger partial charge >= 0.3 is 5.97 Å². The normalized spacial score (nSPS) is 10.6. The second kappa shape index (κ2) is 7.77. The first kappa shape index (κ1) is 17.7. The van der Waals surface area contributed by atoms with Crippen molar-refractivity contribution in [3.63, 3.8) is 0 Å². The molecule has 0 radical (unpaired) electrons. The molecule has 0 saturated heterocycles. The van der Waals surface area contributed by atoms with E-state index in [-0.39, 0.29) is 11.3 Å². The number of nitrogens with one attached hydrogen (secondary N) is 1. The lowest BCUT2D eigenvalue weighted by molar-refractivity contribution is -0.131. The van der Waals surface area contributed by atoms with E-state index in [1.807, 2.05) is 13.8 Å². The Morgan fingerprint density at radius 1 is 1.12 bits per heavy atom. The van der Waals surface area contributed by atoms with Crippen molar-refractivity contribution in [2.75, 3.05) is 13.1 Å². The van der Waals surface area contributed by atoms with Gasteiger partial charge in [0, 0.05) is 31.7 Å². The van der Waals surface area contributed by atoms with Crippen LogP contribution in [-0.4, -0.2) is 40.6 Å². The van der Waals surface area contributed by atoms with Crippen molar-refractivity contribution in [2.45, 2.75) is 33.6 Å². The van der Waals surface area contributed by atoms with Gasteiger partial charge in [0.2, 0.25) is 0 Å². The fraction of sp³-hybridized carbons (Fsp3) is 0.389. The predicted octanol–water partition coefficient (Wildman–Crippen LogP) is 2.92. The van der Waals surface area contributed by atoms with Crippen LogP contribution in [0.2, 0.25) is 0 Å². The summed E-state index contributed by atoms with van der Waals surface area (Å²) >= 11 is 0. The van der Waals surface area contributed by atoms with Crippen molar-refractivity contribution in [3.8, 4) is 5.75 Å². The summed E-state index contributed by atoms with van der Waals surface area (Å²) in [4.78, 5) is 41.1. The number of ether oxygens (including phenoxy) is 1. The first-order valence-corrected chi connectivity index (χ1v) is 8.11. The molecule has 1 aromatic heterocycles.